The van der Waals surface area contributed by atoms with Crippen LogP contribution >= 0.6 is 0 Å². The van der Waals surface area contributed by atoms with Crippen LogP contribution in [0, 0.1) is 5.41 Å². The Hall–Kier alpha value is -1.35. The Morgan fingerprint density at radius 3 is 2.18 bits per heavy atom. The maximum Gasteiger partial charge on any atom is 0.332 e. The Balaban J connectivity index is 2.59. The average Bonchev–Trinajstić information content (AvgIpc) is 2.42. The smallest absolute Gasteiger partial charge is 0.332 e. The molecule has 0 aliphatic carbocycles. The van der Waals surface area contributed by atoms with Crippen molar-refractivity contribution in [3.05, 3.63) is 35.9 Å². The molecule has 1 atom stereocenters. The third-order valence-electron chi connectivity index (χ3n) is 3.82. The van der Waals surface area contributed by atoms with Crippen molar-refractivity contribution in [2.75, 3.05) is 0 Å². The third kappa shape index (κ3) is 6.61. The van der Waals surface area contributed by atoms with E-state index in [0.29, 0.717) is 11.8 Å². The number of carboxylic acids is 1. The summed E-state index contributed by atoms with van der Waals surface area (Å²) in [6.45, 7) is 10.5. The number of carboxylic acid groups (broad SMARTS) is 1. The van der Waals surface area contributed by atoms with Crippen LogP contribution in [0.3, 0.4) is 0 Å². The van der Waals surface area contributed by atoms with Crippen LogP contribution in [-0.4, -0.2) is 17.2 Å². The Morgan fingerprint density at radius 2 is 1.68 bits per heavy atom. The van der Waals surface area contributed by atoms with E-state index in [0.717, 1.165) is 24.8 Å². The fourth-order valence-electron chi connectivity index (χ4n) is 2.48. The number of benzene rings is 1. The maximum absolute atomic E-state index is 11.5. The summed E-state index contributed by atoms with van der Waals surface area (Å²) in [5.41, 5.74) is 0.688. The molecule has 0 aromatic heterocycles. The van der Waals surface area contributed by atoms with E-state index in [1.807, 2.05) is 44.2 Å². The van der Waals surface area contributed by atoms with Gasteiger partial charge in [-0.15, -0.1) is 0 Å². The van der Waals surface area contributed by atoms with Crippen molar-refractivity contribution in [2.24, 2.45) is 5.41 Å². The Labute approximate surface area is 134 Å². The number of ether oxygens (including phenoxy) is 1. The van der Waals surface area contributed by atoms with Gasteiger partial charge >= 0.3 is 5.97 Å². The predicted molar refractivity (Wildman–Crippen MR) is 89.9 cm³/mol. The molecular formula is C19H30O3. The second-order valence-electron chi connectivity index (χ2n) is 7.63. The lowest BCUT2D eigenvalue weighted by molar-refractivity contribution is -0.163. The lowest BCUT2D eigenvalue weighted by Crippen LogP contribution is -2.33. The summed E-state index contributed by atoms with van der Waals surface area (Å²) >= 11 is 0. The SMILES string of the molecule is CC(C)(C)CCCCC(OC(C)(C)c1ccccc1)C(=O)O. The van der Waals surface area contributed by atoms with Crippen LogP contribution in [0.4, 0.5) is 0 Å². The van der Waals surface area contributed by atoms with Crippen molar-refractivity contribution >= 4 is 5.97 Å². The topological polar surface area (TPSA) is 46.5 Å². The molecule has 22 heavy (non-hydrogen) atoms. The van der Waals surface area contributed by atoms with Crippen LogP contribution in [0.5, 0.6) is 0 Å². The molecule has 0 radical (unpaired) electrons. The third-order valence-corrected chi connectivity index (χ3v) is 3.82. The molecular weight excluding hydrogens is 276 g/mol. The van der Waals surface area contributed by atoms with E-state index in [1.165, 1.54) is 0 Å². The Bertz CT molecular complexity index is 457. The fraction of sp³-hybridized carbons (Fsp3) is 0.632. The van der Waals surface area contributed by atoms with E-state index in [1.54, 1.807) is 0 Å². The molecule has 0 amide bonds. The first kappa shape index (κ1) is 18.7. The highest BCUT2D eigenvalue weighted by Crippen LogP contribution is 2.28. The van der Waals surface area contributed by atoms with Crippen LogP contribution in [0.2, 0.25) is 0 Å². The average molecular weight is 306 g/mol. The predicted octanol–water partition coefficient (Wildman–Crippen LogP) is 5.00. The highest BCUT2D eigenvalue weighted by molar-refractivity contribution is 5.72. The lowest BCUT2D eigenvalue weighted by atomic mass is 9.89. The molecule has 1 aromatic carbocycles. The highest BCUT2D eigenvalue weighted by Gasteiger charge is 2.29. The van der Waals surface area contributed by atoms with E-state index < -0.39 is 17.7 Å². The summed E-state index contributed by atoms with van der Waals surface area (Å²) in [4.78, 5) is 11.5. The minimum absolute atomic E-state index is 0.295. The summed E-state index contributed by atoms with van der Waals surface area (Å²) in [6, 6.07) is 9.77. The van der Waals surface area contributed by atoms with Gasteiger partial charge in [0, 0.05) is 0 Å². The van der Waals surface area contributed by atoms with Crippen molar-refractivity contribution in [2.45, 2.75) is 72.0 Å². The molecule has 0 saturated heterocycles. The van der Waals surface area contributed by atoms with Gasteiger partial charge in [-0.25, -0.2) is 4.79 Å². The van der Waals surface area contributed by atoms with Gasteiger partial charge in [0.2, 0.25) is 0 Å². The van der Waals surface area contributed by atoms with Crippen molar-refractivity contribution in [3.8, 4) is 0 Å². The molecule has 3 nitrogen and oxygen atoms in total. The molecule has 3 heteroatoms. The molecule has 1 N–H and O–H groups in total. The van der Waals surface area contributed by atoms with Crippen molar-refractivity contribution in [3.63, 3.8) is 0 Å². The first-order valence-corrected chi connectivity index (χ1v) is 8.08. The van der Waals surface area contributed by atoms with Gasteiger partial charge in [-0.3, -0.25) is 0 Å². The molecule has 1 aromatic rings. The summed E-state index contributed by atoms with van der Waals surface area (Å²) < 4.78 is 5.92. The van der Waals surface area contributed by atoms with Gasteiger partial charge in [-0.05, 0) is 37.7 Å². The molecule has 124 valence electrons. The largest absolute Gasteiger partial charge is 0.479 e. The van der Waals surface area contributed by atoms with Crippen LogP contribution in [0.15, 0.2) is 30.3 Å². The standard InChI is InChI=1S/C19H30O3/c1-18(2,3)14-10-9-13-16(17(20)21)22-19(4,5)15-11-7-6-8-12-15/h6-8,11-12,16H,9-10,13-14H2,1-5H3,(H,20,21). The monoisotopic (exact) mass is 306 g/mol. The van der Waals surface area contributed by atoms with Gasteiger partial charge in [0.15, 0.2) is 6.10 Å². The van der Waals surface area contributed by atoms with Gasteiger partial charge in [0.25, 0.3) is 0 Å². The summed E-state index contributed by atoms with van der Waals surface area (Å²) in [5, 5.41) is 9.42. The molecule has 0 spiro atoms. The van der Waals surface area contributed by atoms with E-state index >= 15 is 0 Å². The number of hydrogen-bond acceptors (Lipinski definition) is 2. The zero-order valence-electron chi connectivity index (χ0n) is 14.6. The zero-order valence-corrected chi connectivity index (χ0v) is 14.6. The summed E-state index contributed by atoms with van der Waals surface area (Å²) in [7, 11) is 0. The van der Waals surface area contributed by atoms with Gasteiger partial charge in [0.05, 0.1) is 5.60 Å². The first-order chi connectivity index (χ1) is 10.1. The molecule has 0 bridgehead atoms. The molecule has 0 heterocycles. The molecule has 0 saturated carbocycles. The number of carbonyl (C=O) groups is 1. The van der Waals surface area contributed by atoms with Gasteiger partial charge < -0.3 is 9.84 Å². The number of rotatable bonds is 8. The zero-order chi connectivity index (χ0) is 16.8. The van der Waals surface area contributed by atoms with Crippen molar-refractivity contribution in [1.82, 2.24) is 0 Å². The molecule has 0 aliphatic heterocycles. The first-order valence-electron chi connectivity index (χ1n) is 8.08. The Morgan fingerprint density at radius 1 is 1.09 bits per heavy atom. The molecule has 1 unspecified atom stereocenters. The summed E-state index contributed by atoms with van der Waals surface area (Å²) in [5.74, 6) is -0.875. The number of hydrogen-bond donors (Lipinski definition) is 1. The number of aliphatic carboxylic acids is 1. The second kappa shape index (κ2) is 7.77. The molecule has 0 aliphatic rings. The van der Waals surface area contributed by atoms with E-state index in [2.05, 4.69) is 20.8 Å². The van der Waals surface area contributed by atoms with Gasteiger partial charge in [-0.1, -0.05) is 63.9 Å². The fourth-order valence-corrected chi connectivity index (χ4v) is 2.48. The normalized spacial score (nSPS) is 13.9. The minimum atomic E-state index is -0.875. The Kier molecular flexibility index (Phi) is 6.61. The van der Waals surface area contributed by atoms with Gasteiger partial charge in [0.1, 0.15) is 0 Å². The van der Waals surface area contributed by atoms with Crippen molar-refractivity contribution < 1.29 is 14.6 Å². The van der Waals surface area contributed by atoms with E-state index in [-0.39, 0.29) is 0 Å². The van der Waals surface area contributed by atoms with Crippen LogP contribution < -0.4 is 0 Å². The molecule has 1 rings (SSSR count). The molecule has 0 fully saturated rings. The van der Waals surface area contributed by atoms with E-state index in [4.69, 9.17) is 4.74 Å². The van der Waals surface area contributed by atoms with E-state index in [9.17, 15) is 9.90 Å². The van der Waals surface area contributed by atoms with Crippen LogP contribution in [-0.2, 0) is 15.1 Å². The van der Waals surface area contributed by atoms with Crippen LogP contribution in [0.1, 0.15) is 65.9 Å². The van der Waals surface area contributed by atoms with Crippen molar-refractivity contribution in [1.29, 1.82) is 0 Å². The quantitative estimate of drug-likeness (QED) is 0.688. The second-order valence-corrected chi connectivity index (χ2v) is 7.63. The number of unbranched alkanes of at least 4 members (excludes halogenated alkanes) is 1. The minimum Gasteiger partial charge on any atom is -0.479 e. The van der Waals surface area contributed by atoms with Gasteiger partial charge in [-0.2, -0.15) is 0 Å². The maximum atomic E-state index is 11.5. The highest BCUT2D eigenvalue weighted by atomic mass is 16.5. The lowest BCUT2D eigenvalue weighted by Gasteiger charge is -2.30. The summed E-state index contributed by atoms with van der Waals surface area (Å²) in [6.07, 6.45) is 2.81. The van der Waals surface area contributed by atoms with Crippen LogP contribution in [0.25, 0.3) is 0 Å².